The first-order valence-electron chi connectivity index (χ1n) is 5.39. The lowest BCUT2D eigenvalue weighted by molar-refractivity contribution is 0.0997. The molecule has 0 atom stereocenters. The molecule has 0 unspecified atom stereocenters. The van der Waals surface area contributed by atoms with Crippen molar-refractivity contribution in [3.05, 3.63) is 56.9 Å². The highest BCUT2D eigenvalue weighted by molar-refractivity contribution is 14.1. The van der Waals surface area contributed by atoms with Gasteiger partial charge in [0, 0.05) is 9.64 Å². The number of benzene rings is 2. The minimum atomic E-state index is -1.11. The molecule has 0 spiro atoms. The molecule has 0 saturated carbocycles. The van der Waals surface area contributed by atoms with Crippen molar-refractivity contribution in [3.63, 3.8) is 0 Å². The Morgan fingerprint density at radius 1 is 1.05 bits per heavy atom. The van der Waals surface area contributed by atoms with Crippen molar-refractivity contribution < 1.29 is 18.0 Å². The lowest BCUT2D eigenvalue weighted by Gasteiger charge is -2.12. The summed E-state index contributed by atoms with van der Waals surface area (Å²) >= 11 is 1.92. The van der Waals surface area contributed by atoms with Gasteiger partial charge in [-0.05, 0) is 46.9 Å². The van der Waals surface area contributed by atoms with Crippen LogP contribution in [-0.4, -0.2) is 5.91 Å². The average Bonchev–Trinajstić information content (AvgIpc) is 2.31. The van der Waals surface area contributed by atoms with Crippen molar-refractivity contribution >= 4 is 39.9 Å². The summed E-state index contributed by atoms with van der Waals surface area (Å²) in [5.41, 5.74) is 4.28. The van der Waals surface area contributed by atoms with Gasteiger partial charge in [-0.25, -0.2) is 13.2 Å². The number of hydrogen-bond donors (Lipinski definition) is 2. The van der Waals surface area contributed by atoms with E-state index in [2.05, 4.69) is 5.32 Å². The van der Waals surface area contributed by atoms with Crippen molar-refractivity contribution in [2.75, 3.05) is 5.32 Å². The summed E-state index contributed by atoms with van der Waals surface area (Å²) in [7, 11) is 0. The maximum Gasteiger partial charge on any atom is 0.253 e. The summed E-state index contributed by atoms with van der Waals surface area (Å²) in [6.07, 6.45) is 0. The molecule has 0 aliphatic rings. The quantitative estimate of drug-likeness (QED) is 0.786. The molecular formula is C13H8F3IN2O. The Morgan fingerprint density at radius 3 is 2.35 bits per heavy atom. The lowest BCUT2D eigenvalue weighted by atomic mass is 10.1. The van der Waals surface area contributed by atoms with E-state index in [9.17, 15) is 18.0 Å². The topological polar surface area (TPSA) is 55.1 Å². The predicted molar refractivity (Wildman–Crippen MR) is 77.3 cm³/mol. The standard InChI is InChI=1S/C13H8F3IN2O/c14-6-3-9(16)12(13(18)20)11(4-6)19-10-2-1-7(17)5-8(10)15/h1-5,19H,(H2,18,20). The zero-order valence-electron chi connectivity index (χ0n) is 9.88. The van der Waals surface area contributed by atoms with E-state index in [1.54, 1.807) is 6.07 Å². The third-order valence-electron chi connectivity index (χ3n) is 2.50. The third-order valence-corrected chi connectivity index (χ3v) is 3.17. The van der Waals surface area contributed by atoms with Crippen molar-refractivity contribution in [3.8, 4) is 0 Å². The predicted octanol–water partition coefficient (Wildman–Crippen LogP) is 3.55. The lowest BCUT2D eigenvalue weighted by Crippen LogP contribution is -2.16. The van der Waals surface area contributed by atoms with Crippen molar-refractivity contribution in [1.82, 2.24) is 0 Å². The number of primary amides is 1. The van der Waals surface area contributed by atoms with E-state index in [4.69, 9.17) is 5.73 Å². The Bertz CT molecular complexity index is 692. The second kappa shape index (κ2) is 5.70. The molecule has 2 aromatic rings. The largest absolute Gasteiger partial charge is 0.365 e. The molecule has 20 heavy (non-hydrogen) atoms. The molecule has 7 heteroatoms. The summed E-state index contributed by atoms with van der Waals surface area (Å²) in [5.74, 6) is -3.69. The van der Waals surface area contributed by atoms with E-state index in [0.717, 1.165) is 6.07 Å². The summed E-state index contributed by atoms with van der Waals surface area (Å²) in [6.45, 7) is 0. The Kier molecular flexibility index (Phi) is 4.17. The molecule has 0 bridgehead atoms. The van der Waals surface area contributed by atoms with Gasteiger partial charge in [-0.3, -0.25) is 4.79 Å². The fourth-order valence-electron chi connectivity index (χ4n) is 1.66. The number of halogens is 4. The number of amides is 1. The average molecular weight is 392 g/mol. The first kappa shape index (κ1) is 14.6. The molecule has 0 aliphatic heterocycles. The molecular weight excluding hydrogens is 384 g/mol. The molecule has 0 aliphatic carbocycles. The van der Waals surface area contributed by atoms with Crippen molar-refractivity contribution in [2.24, 2.45) is 5.73 Å². The van der Waals surface area contributed by atoms with Crippen LogP contribution in [0.15, 0.2) is 30.3 Å². The minimum absolute atomic E-state index is 0.0158. The third kappa shape index (κ3) is 3.03. The molecule has 3 nitrogen and oxygen atoms in total. The zero-order valence-corrected chi connectivity index (χ0v) is 12.0. The molecule has 0 saturated heterocycles. The van der Waals surface area contributed by atoms with E-state index in [1.165, 1.54) is 12.1 Å². The molecule has 2 aromatic carbocycles. The number of nitrogens with two attached hydrogens (primary N) is 1. The molecule has 0 heterocycles. The second-order valence-electron chi connectivity index (χ2n) is 3.92. The van der Waals surface area contributed by atoms with Crippen LogP contribution < -0.4 is 11.1 Å². The number of hydrogen-bond acceptors (Lipinski definition) is 2. The van der Waals surface area contributed by atoms with Crippen LogP contribution in [0.3, 0.4) is 0 Å². The number of carbonyl (C=O) groups excluding carboxylic acids is 1. The zero-order chi connectivity index (χ0) is 14.9. The number of anilines is 2. The Hall–Kier alpha value is -1.77. The van der Waals surface area contributed by atoms with Gasteiger partial charge in [0.1, 0.15) is 17.5 Å². The summed E-state index contributed by atoms with van der Waals surface area (Å²) in [6, 6.07) is 5.65. The van der Waals surface area contributed by atoms with Gasteiger partial charge in [-0.1, -0.05) is 0 Å². The Morgan fingerprint density at radius 2 is 1.75 bits per heavy atom. The maximum atomic E-state index is 13.7. The minimum Gasteiger partial charge on any atom is -0.365 e. The highest BCUT2D eigenvalue weighted by atomic mass is 127. The van der Waals surface area contributed by atoms with E-state index in [-0.39, 0.29) is 11.4 Å². The molecule has 0 fully saturated rings. The van der Waals surface area contributed by atoms with Crippen LogP contribution in [0, 0.1) is 21.0 Å². The van der Waals surface area contributed by atoms with Crippen LogP contribution >= 0.6 is 22.6 Å². The smallest absolute Gasteiger partial charge is 0.253 e. The number of carbonyl (C=O) groups is 1. The van der Waals surface area contributed by atoms with Gasteiger partial charge < -0.3 is 11.1 Å². The monoisotopic (exact) mass is 392 g/mol. The van der Waals surface area contributed by atoms with Crippen LogP contribution in [0.1, 0.15) is 10.4 Å². The molecule has 3 N–H and O–H groups in total. The molecule has 0 radical (unpaired) electrons. The number of nitrogens with one attached hydrogen (secondary N) is 1. The fraction of sp³-hybridized carbons (Fsp3) is 0. The first-order chi connectivity index (χ1) is 9.38. The van der Waals surface area contributed by atoms with Gasteiger partial charge in [-0.15, -0.1) is 0 Å². The van der Waals surface area contributed by atoms with Gasteiger partial charge in [0.25, 0.3) is 5.91 Å². The fourth-order valence-corrected chi connectivity index (χ4v) is 2.11. The van der Waals surface area contributed by atoms with Crippen molar-refractivity contribution in [1.29, 1.82) is 0 Å². The SMILES string of the molecule is NC(=O)c1c(F)cc(F)cc1Nc1ccc(I)cc1F. The highest BCUT2D eigenvalue weighted by Crippen LogP contribution is 2.26. The highest BCUT2D eigenvalue weighted by Gasteiger charge is 2.17. The summed E-state index contributed by atoms with van der Waals surface area (Å²) in [4.78, 5) is 11.2. The summed E-state index contributed by atoms with van der Waals surface area (Å²) in [5, 5.41) is 2.47. The van der Waals surface area contributed by atoms with E-state index in [0.29, 0.717) is 9.64 Å². The van der Waals surface area contributed by atoms with Gasteiger partial charge in [0.2, 0.25) is 0 Å². The van der Waals surface area contributed by atoms with Crippen LogP contribution in [-0.2, 0) is 0 Å². The maximum absolute atomic E-state index is 13.7. The van der Waals surface area contributed by atoms with E-state index < -0.39 is 28.9 Å². The Labute approximate surface area is 126 Å². The van der Waals surface area contributed by atoms with Crippen LogP contribution in [0.4, 0.5) is 24.5 Å². The van der Waals surface area contributed by atoms with Gasteiger partial charge in [0.15, 0.2) is 0 Å². The summed E-state index contributed by atoms with van der Waals surface area (Å²) < 4.78 is 41.1. The molecule has 1 amide bonds. The van der Waals surface area contributed by atoms with Crippen LogP contribution in [0.25, 0.3) is 0 Å². The van der Waals surface area contributed by atoms with E-state index in [1.807, 2.05) is 22.6 Å². The number of rotatable bonds is 3. The van der Waals surface area contributed by atoms with E-state index >= 15 is 0 Å². The molecule has 0 aromatic heterocycles. The van der Waals surface area contributed by atoms with Crippen LogP contribution in [0.5, 0.6) is 0 Å². The van der Waals surface area contributed by atoms with Gasteiger partial charge in [0.05, 0.1) is 16.9 Å². The van der Waals surface area contributed by atoms with Gasteiger partial charge >= 0.3 is 0 Å². The van der Waals surface area contributed by atoms with Gasteiger partial charge in [-0.2, -0.15) is 0 Å². The molecule has 2 rings (SSSR count). The normalized spacial score (nSPS) is 10.4. The van der Waals surface area contributed by atoms with Crippen LogP contribution in [0.2, 0.25) is 0 Å². The Balaban J connectivity index is 2.50. The first-order valence-corrected chi connectivity index (χ1v) is 6.47. The second-order valence-corrected chi connectivity index (χ2v) is 5.17. The molecule has 104 valence electrons. The van der Waals surface area contributed by atoms with Crippen molar-refractivity contribution in [2.45, 2.75) is 0 Å².